The Morgan fingerprint density at radius 2 is 1.54 bits per heavy atom. The van der Waals surface area contributed by atoms with Gasteiger partial charge in [-0.05, 0) is 22.3 Å². The SMILES string of the molecule is CC(C)(C)SC[C@](N)(C(=O)O)C(=O)OCC1c2ccccc2-c2ccccc21. The Kier molecular flexibility index (Phi) is 5.55. The largest absolute Gasteiger partial charge is 0.479 e. The van der Waals surface area contributed by atoms with Crippen molar-refractivity contribution < 1.29 is 19.4 Å². The first-order valence-electron chi connectivity index (χ1n) is 9.15. The van der Waals surface area contributed by atoms with Crippen molar-refractivity contribution in [3.05, 3.63) is 59.7 Å². The minimum Gasteiger partial charge on any atom is -0.479 e. The van der Waals surface area contributed by atoms with Gasteiger partial charge in [0, 0.05) is 16.4 Å². The molecule has 3 rings (SSSR count). The average Bonchev–Trinajstić information content (AvgIpc) is 2.97. The van der Waals surface area contributed by atoms with E-state index in [2.05, 4.69) is 0 Å². The van der Waals surface area contributed by atoms with Crippen molar-refractivity contribution in [2.45, 2.75) is 37.0 Å². The van der Waals surface area contributed by atoms with Crippen LogP contribution >= 0.6 is 11.8 Å². The van der Waals surface area contributed by atoms with Crippen molar-refractivity contribution >= 4 is 23.7 Å². The number of carboxylic acids is 1. The quantitative estimate of drug-likeness (QED) is 0.569. The van der Waals surface area contributed by atoms with E-state index in [0.717, 1.165) is 22.3 Å². The number of rotatable bonds is 6. The summed E-state index contributed by atoms with van der Waals surface area (Å²) >= 11 is 1.33. The lowest BCUT2D eigenvalue weighted by Crippen LogP contribution is -2.58. The first-order chi connectivity index (χ1) is 13.1. The Morgan fingerprint density at radius 3 is 2.00 bits per heavy atom. The predicted octanol–water partition coefficient (Wildman–Crippen LogP) is 3.66. The van der Waals surface area contributed by atoms with Crippen LogP contribution in [0.15, 0.2) is 48.5 Å². The number of hydrogen-bond donors (Lipinski definition) is 2. The van der Waals surface area contributed by atoms with Crippen LogP contribution in [0.5, 0.6) is 0 Å². The molecule has 5 nitrogen and oxygen atoms in total. The Labute approximate surface area is 169 Å². The van der Waals surface area contributed by atoms with Crippen molar-refractivity contribution in [2.75, 3.05) is 12.4 Å². The van der Waals surface area contributed by atoms with E-state index >= 15 is 0 Å². The number of thioether (sulfide) groups is 1. The fourth-order valence-electron chi connectivity index (χ4n) is 3.27. The third kappa shape index (κ3) is 3.93. The van der Waals surface area contributed by atoms with E-state index in [4.69, 9.17) is 10.5 Å². The molecule has 0 saturated carbocycles. The molecule has 0 bridgehead atoms. The second-order valence-electron chi connectivity index (χ2n) is 8.00. The molecule has 0 spiro atoms. The van der Waals surface area contributed by atoms with Crippen LogP contribution < -0.4 is 5.73 Å². The number of carboxylic acid groups (broad SMARTS) is 1. The molecule has 0 unspecified atom stereocenters. The van der Waals surface area contributed by atoms with Gasteiger partial charge >= 0.3 is 11.9 Å². The number of carbonyl (C=O) groups is 2. The summed E-state index contributed by atoms with van der Waals surface area (Å²) in [6.45, 7) is 5.88. The standard InChI is InChI=1S/C22H25NO4S/c1-21(2,3)28-13-22(23,19(24)25)20(26)27-12-18-16-10-6-4-8-14(16)15-9-5-7-11-17(15)18/h4-11,18H,12-13,23H2,1-3H3,(H,24,25)/t22-/m0/s1. The molecule has 1 atom stereocenters. The van der Waals surface area contributed by atoms with E-state index in [-0.39, 0.29) is 23.0 Å². The van der Waals surface area contributed by atoms with Crippen LogP contribution in [0, 0.1) is 0 Å². The zero-order chi connectivity index (χ0) is 20.5. The number of carbonyl (C=O) groups excluding carboxylic acids is 1. The third-order valence-corrected chi connectivity index (χ3v) is 6.29. The molecule has 148 valence electrons. The van der Waals surface area contributed by atoms with Gasteiger partial charge in [0.25, 0.3) is 0 Å². The van der Waals surface area contributed by atoms with Crippen LogP contribution in [0.1, 0.15) is 37.8 Å². The number of nitrogens with two attached hydrogens (primary N) is 1. The molecule has 0 amide bonds. The van der Waals surface area contributed by atoms with Crippen molar-refractivity contribution in [2.24, 2.45) is 5.73 Å². The van der Waals surface area contributed by atoms with Gasteiger partial charge in [0.15, 0.2) is 0 Å². The maximum absolute atomic E-state index is 12.7. The van der Waals surface area contributed by atoms with Gasteiger partial charge in [0.05, 0.1) is 0 Å². The van der Waals surface area contributed by atoms with Crippen LogP contribution in [-0.2, 0) is 14.3 Å². The van der Waals surface area contributed by atoms with E-state index in [1.165, 1.54) is 11.8 Å². The van der Waals surface area contributed by atoms with Gasteiger partial charge in [0.2, 0.25) is 5.54 Å². The van der Waals surface area contributed by atoms with Crippen LogP contribution in [0.25, 0.3) is 11.1 Å². The molecule has 6 heteroatoms. The van der Waals surface area contributed by atoms with E-state index < -0.39 is 17.5 Å². The van der Waals surface area contributed by atoms with Crippen molar-refractivity contribution in [3.63, 3.8) is 0 Å². The molecule has 2 aromatic rings. The Balaban J connectivity index is 1.79. The summed E-state index contributed by atoms with van der Waals surface area (Å²) in [4.78, 5) is 24.4. The highest BCUT2D eigenvalue weighted by molar-refractivity contribution is 8.00. The maximum Gasteiger partial charge on any atom is 0.338 e. The van der Waals surface area contributed by atoms with E-state index in [1.54, 1.807) is 0 Å². The zero-order valence-corrected chi connectivity index (χ0v) is 17.1. The molecule has 3 N–H and O–H groups in total. The Morgan fingerprint density at radius 1 is 1.04 bits per heavy atom. The van der Waals surface area contributed by atoms with Crippen molar-refractivity contribution in [1.82, 2.24) is 0 Å². The van der Waals surface area contributed by atoms with Crippen molar-refractivity contribution in [1.29, 1.82) is 0 Å². The maximum atomic E-state index is 12.7. The molecule has 0 radical (unpaired) electrons. The van der Waals surface area contributed by atoms with Crippen molar-refractivity contribution in [3.8, 4) is 11.1 Å². The van der Waals surface area contributed by atoms with Gasteiger partial charge in [-0.25, -0.2) is 9.59 Å². The number of ether oxygens (including phenoxy) is 1. The number of benzene rings is 2. The molecule has 1 aliphatic rings. The lowest BCUT2D eigenvalue weighted by molar-refractivity contribution is -0.159. The smallest absolute Gasteiger partial charge is 0.338 e. The van der Waals surface area contributed by atoms with E-state index in [0.29, 0.717) is 0 Å². The van der Waals surface area contributed by atoms with E-state index in [1.807, 2.05) is 69.3 Å². The number of fused-ring (bicyclic) bond motifs is 3. The lowest BCUT2D eigenvalue weighted by atomic mass is 9.98. The van der Waals surface area contributed by atoms with Gasteiger partial charge in [-0.3, -0.25) is 0 Å². The summed E-state index contributed by atoms with van der Waals surface area (Å²) in [6.07, 6.45) is 0. The fraction of sp³-hybridized carbons (Fsp3) is 0.364. The molecule has 28 heavy (non-hydrogen) atoms. The molecule has 0 heterocycles. The molecule has 2 aromatic carbocycles. The molecule has 1 aliphatic carbocycles. The summed E-state index contributed by atoms with van der Waals surface area (Å²) in [6, 6.07) is 16.0. The molecule has 0 fully saturated rings. The highest BCUT2D eigenvalue weighted by atomic mass is 32.2. The van der Waals surface area contributed by atoms with Gasteiger partial charge in [-0.1, -0.05) is 69.3 Å². The highest BCUT2D eigenvalue weighted by Crippen LogP contribution is 2.44. The Bertz CT molecular complexity index is 860. The first kappa shape index (κ1) is 20.4. The van der Waals surface area contributed by atoms with Gasteiger partial charge in [-0.15, -0.1) is 0 Å². The normalized spacial score (nSPS) is 15.4. The monoisotopic (exact) mass is 399 g/mol. The average molecular weight is 400 g/mol. The summed E-state index contributed by atoms with van der Waals surface area (Å²) in [5, 5.41) is 9.57. The minimum absolute atomic E-state index is 0.0531. The molecule has 0 saturated heterocycles. The Hall–Kier alpha value is -2.31. The molecule has 0 aromatic heterocycles. The molecular weight excluding hydrogens is 374 g/mol. The summed E-state index contributed by atoms with van der Waals surface area (Å²) < 4.78 is 5.25. The van der Waals surface area contributed by atoms with Gasteiger partial charge in [-0.2, -0.15) is 11.8 Å². The topological polar surface area (TPSA) is 89.6 Å². The summed E-state index contributed by atoms with van der Waals surface area (Å²) in [5.41, 5.74) is 8.25. The fourth-order valence-corrected chi connectivity index (χ4v) is 4.17. The van der Waals surface area contributed by atoms with Crippen LogP contribution in [-0.4, -0.2) is 39.7 Å². The molecule has 0 aliphatic heterocycles. The summed E-state index contributed by atoms with van der Waals surface area (Å²) in [5.74, 6) is -2.47. The number of esters is 1. The second kappa shape index (κ2) is 7.60. The second-order valence-corrected chi connectivity index (χ2v) is 9.81. The first-order valence-corrected chi connectivity index (χ1v) is 10.1. The summed E-state index contributed by atoms with van der Waals surface area (Å²) in [7, 11) is 0. The van der Waals surface area contributed by atoms with Crippen LogP contribution in [0.2, 0.25) is 0 Å². The van der Waals surface area contributed by atoms with Crippen LogP contribution in [0.3, 0.4) is 0 Å². The predicted molar refractivity (Wildman–Crippen MR) is 111 cm³/mol. The molecular formula is C22H25NO4S. The van der Waals surface area contributed by atoms with Crippen LogP contribution in [0.4, 0.5) is 0 Å². The highest BCUT2D eigenvalue weighted by Gasteiger charge is 2.45. The van der Waals surface area contributed by atoms with Gasteiger partial charge < -0.3 is 15.6 Å². The van der Waals surface area contributed by atoms with E-state index in [9.17, 15) is 14.7 Å². The minimum atomic E-state index is -2.07. The number of hydrogen-bond acceptors (Lipinski definition) is 5. The zero-order valence-electron chi connectivity index (χ0n) is 16.3. The van der Waals surface area contributed by atoms with Gasteiger partial charge in [0.1, 0.15) is 6.61 Å². The number of aliphatic carboxylic acids is 1. The third-order valence-electron chi connectivity index (χ3n) is 4.82. The lowest BCUT2D eigenvalue weighted by Gasteiger charge is -2.27.